The predicted octanol–water partition coefficient (Wildman–Crippen LogP) is 2.72. The van der Waals surface area contributed by atoms with Gasteiger partial charge in [0.25, 0.3) is 0 Å². The van der Waals surface area contributed by atoms with E-state index in [4.69, 9.17) is 9.79 Å². The molecule has 30 heavy (non-hydrogen) atoms. The minimum absolute atomic E-state index is 0.0235. The quantitative estimate of drug-likeness (QED) is 0.576. The van der Waals surface area contributed by atoms with Gasteiger partial charge in [-0.3, -0.25) is 9.59 Å². The summed E-state index contributed by atoms with van der Waals surface area (Å²) in [5, 5.41) is 11.1. The van der Waals surface area contributed by atoms with Gasteiger partial charge in [-0.25, -0.2) is 8.78 Å². The highest BCUT2D eigenvalue weighted by Gasteiger charge is 2.72. The lowest BCUT2D eigenvalue weighted by Crippen LogP contribution is -2.68. The van der Waals surface area contributed by atoms with E-state index in [9.17, 15) is 14.7 Å². The summed E-state index contributed by atoms with van der Waals surface area (Å²) in [6.07, 6.45) is 1.68. The Bertz CT molecular complexity index is 830. The molecular formula is C21H27F2O6P. The summed E-state index contributed by atoms with van der Waals surface area (Å²) in [6.45, 7) is 2.91. The summed E-state index contributed by atoms with van der Waals surface area (Å²) in [5.41, 5.74) is -4.26. The van der Waals surface area contributed by atoms with E-state index in [1.807, 2.05) is 6.92 Å². The standard InChI is InChI=1S/C21H27F2O6P/c1-19-9-18(26)21(23)14(8-16(22)15-7-11(24)5-6-20(15,21)2)12(19)3-4-13(19)17(25)10-29-30(27)28/h5-7,12-14,16,18,26-28H,3-4,8-10H2,1-2H3/t12?,13?,14?,16-,18?,19?,20?,21-/m0/s1. The molecule has 3 N–H and O–H groups in total. The van der Waals surface area contributed by atoms with Crippen LogP contribution in [0, 0.1) is 28.6 Å². The van der Waals surface area contributed by atoms with Gasteiger partial charge >= 0.3 is 8.60 Å². The van der Waals surface area contributed by atoms with Crippen molar-refractivity contribution in [1.29, 1.82) is 0 Å². The molecule has 166 valence electrons. The Labute approximate surface area is 175 Å². The number of allylic oxidation sites excluding steroid dienone is 4. The van der Waals surface area contributed by atoms with Gasteiger partial charge in [-0.1, -0.05) is 13.0 Å². The van der Waals surface area contributed by atoms with Crippen molar-refractivity contribution in [3.8, 4) is 0 Å². The molecule has 6 unspecified atom stereocenters. The number of hydrogen-bond donors (Lipinski definition) is 3. The highest BCUT2D eigenvalue weighted by Crippen LogP contribution is 2.69. The average molecular weight is 444 g/mol. The highest BCUT2D eigenvalue weighted by molar-refractivity contribution is 7.39. The highest BCUT2D eigenvalue weighted by atomic mass is 31.2. The van der Waals surface area contributed by atoms with Gasteiger partial charge in [0.2, 0.25) is 0 Å². The van der Waals surface area contributed by atoms with Crippen molar-refractivity contribution in [2.75, 3.05) is 6.61 Å². The fraction of sp³-hybridized carbons (Fsp3) is 0.714. The molecule has 6 nitrogen and oxygen atoms in total. The van der Waals surface area contributed by atoms with Crippen LogP contribution in [0.2, 0.25) is 0 Å². The van der Waals surface area contributed by atoms with E-state index in [-0.39, 0.29) is 35.9 Å². The number of ketones is 2. The number of hydrogen-bond acceptors (Lipinski definition) is 6. The second kappa shape index (κ2) is 7.24. The Kier molecular flexibility index (Phi) is 5.35. The first-order chi connectivity index (χ1) is 13.9. The van der Waals surface area contributed by atoms with Gasteiger partial charge in [-0.05, 0) is 61.7 Å². The number of aliphatic hydroxyl groups is 1. The number of Topliss-reactive ketones (excluding diaryl/α,β-unsaturated/α-hetero) is 1. The van der Waals surface area contributed by atoms with Crippen molar-refractivity contribution in [3.05, 3.63) is 23.8 Å². The fourth-order valence-corrected chi connectivity index (χ4v) is 7.19. The molecule has 0 aliphatic heterocycles. The molecule has 3 saturated carbocycles. The van der Waals surface area contributed by atoms with Crippen molar-refractivity contribution in [2.24, 2.45) is 28.6 Å². The van der Waals surface area contributed by atoms with E-state index in [0.717, 1.165) is 6.08 Å². The van der Waals surface area contributed by atoms with Crippen LogP contribution in [-0.4, -0.2) is 51.0 Å². The lowest BCUT2D eigenvalue weighted by atomic mass is 9.45. The maximum absolute atomic E-state index is 16.8. The Morgan fingerprint density at radius 2 is 2.00 bits per heavy atom. The molecule has 4 aliphatic rings. The Morgan fingerprint density at radius 1 is 1.30 bits per heavy atom. The molecule has 9 heteroatoms. The van der Waals surface area contributed by atoms with E-state index in [1.165, 1.54) is 12.2 Å². The molecular weight excluding hydrogens is 417 g/mol. The van der Waals surface area contributed by atoms with Crippen molar-refractivity contribution in [1.82, 2.24) is 0 Å². The second-order valence-corrected chi connectivity index (χ2v) is 10.3. The first-order valence-corrected chi connectivity index (χ1v) is 11.4. The van der Waals surface area contributed by atoms with E-state index < -0.39 is 55.8 Å². The third kappa shape index (κ3) is 2.91. The van der Waals surface area contributed by atoms with E-state index in [1.54, 1.807) is 6.92 Å². The van der Waals surface area contributed by atoms with Gasteiger partial charge in [0.15, 0.2) is 17.2 Å². The maximum Gasteiger partial charge on any atom is 0.327 e. The molecule has 0 aromatic heterocycles. The van der Waals surface area contributed by atoms with Crippen molar-refractivity contribution in [3.63, 3.8) is 0 Å². The van der Waals surface area contributed by atoms with Gasteiger partial charge in [0.05, 0.1) is 6.10 Å². The number of halogens is 2. The normalized spacial score (nSPS) is 47.5. The lowest BCUT2D eigenvalue weighted by Gasteiger charge is -2.62. The molecule has 8 atom stereocenters. The monoisotopic (exact) mass is 444 g/mol. The van der Waals surface area contributed by atoms with E-state index in [0.29, 0.717) is 12.8 Å². The number of rotatable bonds is 4. The van der Waals surface area contributed by atoms with Crippen LogP contribution in [0.3, 0.4) is 0 Å². The number of aliphatic hydroxyl groups excluding tert-OH is 1. The van der Waals surface area contributed by atoms with Gasteiger partial charge in [-0.2, -0.15) is 0 Å². The van der Waals surface area contributed by atoms with Gasteiger partial charge in [0, 0.05) is 17.3 Å². The third-order valence-corrected chi connectivity index (χ3v) is 8.70. The predicted molar refractivity (Wildman–Crippen MR) is 104 cm³/mol. The molecule has 4 aliphatic carbocycles. The molecule has 0 radical (unpaired) electrons. The molecule has 4 rings (SSSR count). The molecule has 0 bridgehead atoms. The van der Waals surface area contributed by atoms with Crippen LogP contribution in [0.15, 0.2) is 23.8 Å². The molecule has 0 saturated heterocycles. The Hall–Kier alpha value is -1.05. The molecule has 3 fully saturated rings. The SMILES string of the molecule is CC12CC(O)[C@@]3(F)C(C[C@H](F)C4=CC(=O)C=CC43C)C1CCC2C(=O)COP(O)O. The number of carbonyl (C=O) groups excluding carboxylic acids is 2. The van der Waals surface area contributed by atoms with Gasteiger partial charge in [-0.15, -0.1) is 0 Å². The Balaban J connectivity index is 1.70. The van der Waals surface area contributed by atoms with Crippen LogP contribution >= 0.6 is 8.60 Å². The van der Waals surface area contributed by atoms with Crippen molar-refractivity contribution in [2.45, 2.75) is 57.5 Å². The molecule has 0 heterocycles. The minimum atomic E-state index is -2.66. The first-order valence-electron chi connectivity index (χ1n) is 10.2. The smallest absolute Gasteiger partial charge is 0.327 e. The zero-order valence-electron chi connectivity index (χ0n) is 16.9. The molecule has 0 aromatic rings. The van der Waals surface area contributed by atoms with E-state index in [2.05, 4.69) is 4.52 Å². The Morgan fingerprint density at radius 3 is 2.67 bits per heavy atom. The number of fused-ring (bicyclic) bond motifs is 5. The van der Waals surface area contributed by atoms with Crippen molar-refractivity contribution < 1.29 is 37.8 Å². The van der Waals surface area contributed by atoms with Crippen LogP contribution in [-0.2, 0) is 14.1 Å². The summed E-state index contributed by atoms with van der Waals surface area (Å²) < 4.78 is 36.7. The fourth-order valence-electron chi connectivity index (χ4n) is 6.95. The summed E-state index contributed by atoms with van der Waals surface area (Å²) in [4.78, 5) is 42.4. The van der Waals surface area contributed by atoms with Crippen LogP contribution < -0.4 is 0 Å². The number of carbonyl (C=O) groups is 2. The van der Waals surface area contributed by atoms with Crippen LogP contribution in [0.1, 0.15) is 39.5 Å². The lowest BCUT2D eigenvalue weighted by molar-refractivity contribution is -0.202. The molecule has 0 amide bonds. The second-order valence-electron chi connectivity index (χ2n) is 9.57. The van der Waals surface area contributed by atoms with Crippen LogP contribution in [0.25, 0.3) is 0 Å². The topological polar surface area (TPSA) is 104 Å². The minimum Gasteiger partial charge on any atom is -0.390 e. The average Bonchev–Trinajstić information content (AvgIpc) is 3.00. The van der Waals surface area contributed by atoms with Gasteiger partial charge in [0.1, 0.15) is 12.8 Å². The van der Waals surface area contributed by atoms with E-state index >= 15 is 8.78 Å². The first kappa shape index (κ1) is 22.2. The summed E-state index contributed by atoms with van der Waals surface area (Å²) in [6, 6.07) is 0. The summed E-state index contributed by atoms with van der Waals surface area (Å²) >= 11 is 0. The zero-order valence-corrected chi connectivity index (χ0v) is 17.8. The maximum atomic E-state index is 16.8. The van der Waals surface area contributed by atoms with Gasteiger partial charge < -0.3 is 19.4 Å². The zero-order chi connectivity index (χ0) is 22.1. The number of alkyl halides is 2. The largest absolute Gasteiger partial charge is 0.390 e. The van der Waals surface area contributed by atoms with Crippen LogP contribution in [0.5, 0.6) is 0 Å². The third-order valence-electron chi connectivity index (χ3n) is 8.34. The summed E-state index contributed by atoms with van der Waals surface area (Å²) in [7, 11) is -2.66. The molecule has 0 spiro atoms. The summed E-state index contributed by atoms with van der Waals surface area (Å²) in [5.74, 6) is -2.39. The van der Waals surface area contributed by atoms with Crippen molar-refractivity contribution >= 4 is 20.2 Å². The van der Waals surface area contributed by atoms with Crippen LogP contribution in [0.4, 0.5) is 8.78 Å². The molecule has 0 aromatic carbocycles.